The molecule has 0 saturated heterocycles. The second-order valence-electron chi connectivity index (χ2n) is 6.61. The third-order valence-corrected chi connectivity index (χ3v) is 4.13. The molecule has 0 aliphatic rings. The predicted molar refractivity (Wildman–Crippen MR) is 88.4 cm³/mol. The first-order valence-corrected chi connectivity index (χ1v) is 7.77. The van der Waals surface area contributed by atoms with Gasteiger partial charge in [-0.3, -0.25) is 14.2 Å². The van der Waals surface area contributed by atoms with Crippen LogP contribution in [0.4, 0.5) is 0 Å². The molecule has 0 aliphatic carbocycles. The average Bonchev–Trinajstić information content (AvgIpc) is 3.02. The van der Waals surface area contributed by atoms with Crippen LogP contribution in [0.2, 0.25) is 0 Å². The molecule has 2 heterocycles. The van der Waals surface area contributed by atoms with E-state index in [-0.39, 0.29) is 5.91 Å². The van der Waals surface area contributed by atoms with Crippen LogP contribution in [-0.4, -0.2) is 33.3 Å². The summed E-state index contributed by atoms with van der Waals surface area (Å²) in [5.41, 5.74) is 1.30. The Bertz CT molecular complexity index is 771. The second kappa shape index (κ2) is 6.51. The molecule has 0 unspecified atom stereocenters. The molecular formula is C17H23N3O4. The van der Waals surface area contributed by atoms with E-state index in [9.17, 15) is 9.59 Å². The third kappa shape index (κ3) is 3.50. The van der Waals surface area contributed by atoms with Crippen LogP contribution in [0.3, 0.4) is 0 Å². The summed E-state index contributed by atoms with van der Waals surface area (Å²) in [4.78, 5) is 23.5. The molecule has 0 saturated carbocycles. The van der Waals surface area contributed by atoms with E-state index in [2.05, 4.69) is 10.5 Å². The van der Waals surface area contributed by atoms with Crippen LogP contribution >= 0.6 is 0 Å². The lowest BCUT2D eigenvalue weighted by molar-refractivity contribution is -0.147. The van der Waals surface area contributed by atoms with Gasteiger partial charge in [0.05, 0.1) is 11.0 Å². The summed E-state index contributed by atoms with van der Waals surface area (Å²) in [5, 5.41) is 15.9. The van der Waals surface area contributed by atoms with Gasteiger partial charge in [0.2, 0.25) is 0 Å². The number of hydrogen-bond donors (Lipinski definition) is 2. The molecule has 0 radical (unpaired) electrons. The molecule has 0 aliphatic heterocycles. The largest absolute Gasteiger partial charge is 0.481 e. The lowest BCUT2D eigenvalue weighted by Gasteiger charge is -2.18. The van der Waals surface area contributed by atoms with Gasteiger partial charge >= 0.3 is 5.97 Å². The Morgan fingerprint density at radius 3 is 2.50 bits per heavy atom. The van der Waals surface area contributed by atoms with Gasteiger partial charge in [0.15, 0.2) is 5.82 Å². The minimum absolute atomic E-state index is 0.226. The molecule has 0 bridgehead atoms. The van der Waals surface area contributed by atoms with Crippen molar-refractivity contribution in [3.8, 4) is 5.82 Å². The number of rotatable bonds is 6. The maximum atomic E-state index is 12.4. The maximum absolute atomic E-state index is 12.4. The highest BCUT2D eigenvalue weighted by Crippen LogP contribution is 2.22. The summed E-state index contributed by atoms with van der Waals surface area (Å²) < 4.78 is 6.95. The first kappa shape index (κ1) is 17.8. The lowest BCUT2D eigenvalue weighted by Crippen LogP contribution is -2.32. The Kier molecular flexibility index (Phi) is 4.82. The number of carbonyl (C=O) groups is 2. The molecule has 7 nitrogen and oxygen atoms in total. The number of amides is 1. The topological polar surface area (TPSA) is 97.4 Å². The van der Waals surface area contributed by atoms with Crippen LogP contribution in [0.25, 0.3) is 5.82 Å². The summed E-state index contributed by atoms with van der Waals surface area (Å²) >= 11 is 0. The van der Waals surface area contributed by atoms with E-state index < -0.39 is 11.4 Å². The molecule has 2 aromatic heterocycles. The maximum Gasteiger partial charge on any atom is 0.309 e. The molecule has 130 valence electrons. The summed E-state index contributed by atoms with van der Waals surface area (Å²) in [6.45, 7) is 9.11. The van der Waals surface area contributed by atoms with Crippen LogP contribution in [-0.2, 0) is 4.79 Å². The fraction of sp³-hybridized carbons (Fsp3) is 0.471. The van der Waals surface area contributed by atoms with Crippen molar-refractivity contribution < 1.29 is 19.2 Å². The van der Waals surface area contributed by atoms with E-state index in [0.29, 0.717) is 30.1 Å². The van der Waals surface area contributed by atoms with Gasteiger partial charge in [-0.25, -0.2) is 0 Å². The van der Waals surface area contributed by atoms with E-state index in [0.717, 1.165) is 11.4 Å². The van der Waals surface area contributed by atoms with E-state index in [1.54, 1.807) is 26.0 Å². The van der Waals surface area contributed by atoms with Crippen molar-refractivity contribution in [2.45, 2.75) is 41.0 Å². The number of aryl methyl sites for hydroxylation is 2. The normalized spacial score (nSPS) is 11.5. The van der Waals surface area contributed by atoms with Crippen molar-refractivity contribution in [2.24, 2.45) is 5.41 Å². The lowest BCUT2D eigenvalue weighted by atomic mass is 9.90. The SMILES string of the molecule is Cc1cc(-n2c(C)cc(C(=O)NCCC(C)(C)C(=O)O)c2C)no1. The van der Waals surface area contributed by atoms with E-state index in [1.165, 1.54) is 0 Å². The molecule has 7 heteroatoms. The Labute approximate surface area is 140 Å². The molecule has 1 amide bonds. The fourth-order valence-electron chi connectivity index (χ4n) is 2.49. The zero-order valence-electron chi connectivity index (χ0n) is 14.6. The van der Waals surface area contributed by atoms with E-state index in [4.69, 9.17) is 9.63 Å². The Balaban J connectivity index is 2.13. The van der Waals surface area contributed by atoms with Crippen LogP contribution in [0.15, 0.2) is 16.7 Å². The molecule has 2 N–H and O–H groups in total. The molecule has 0 aromatic carbocycles. The monoisotopic (exact) mass is 333 g/mol. The molecule has 24 heavy (non-hydrogen) atoms. The summed E-state index contributed by atoms with van der Waals surface area (Å²) in [5.74, 6) is 0.222. The van der Waals surface area contributed by atoms with Crippen molar-refractivity contribution >= 4 is 11.9 Å². The zero-order chi connectivity index (χ0) is 18.1. The highest BCUT2D eigenvalue weighted by molar-refractivity contribution is 5.95. The Morgan fingerprint density at radius 1 is 1.29 bits per heavy atom. The molecule has 0 spiro atoms. The number of carbonyl (C=O) groups excluding carboxylic acids is 1. The van der Waals surface area contributed by atoms with Gasteiger partial charge in [-0.15, -0.1) is 0 Å². The number of carboxylic acid groups (broad SMARTS) is 1. The van der Waals surface area contributed by atoms with Gasteiger partial charge in [0.25, 0.3) is 5.91 Å². The highest BCUT2D eigenvalue weighted by atomic mass is 16.5. The number of aromatic nitrogens is 2. The molecule has 2 rings (SSSR count). The van der Waals surface area contributed by atoms with Crippen LogP contribution in [0.1, 0.15) is 47.8 Å². The highest BCUT2D eigenvalue weighted by Gasteiger charge is 2.27. The number of nitrogens with one attached hydrogen (secondary N) is 1. The van der Waals surface area contributed by atoms with Gasteiger partial charge in [-0.2, -0.15) is 0 Å². The summed E-state index contributed by atoms with van der Waals surface area (Å²) in [6.07, 6.45) is 0.356. The quantitative estimate of drug-likeness (QED) is 0.847. The fourth-order valence-corrected chi connectivity index (χ4v) is 2.49. The first-order valence-electron chi connectivity index (χ1n) is 7.77. The van der Waals surface area contributed by atoms with Crippen molar-refractivity contribution in [3.05, 3.63) is 34.8 Å². The minimum Gasteiger partial charge on any atom is -0.481 e. The standard InChI is InChI=1S/C17H23N3O4/c1-10-8-13(12(3)20(10)14-9-11(2)24-19-14)15(21)18-7-6-17(4,5)16(22)23/h8-9H,6-7H2,1-5H3,(H,18,21)(H,22,23). The van der Waals surface area contributed by atoms with Crippen LogP contribution < -0.4 is 5.32 Å². The van der Waals surface area contributed by atoms with Crippen LogP contribution in [0, 0.1) is 26.2 Å². The number of nitrogens with zero attached hydrogens (tertiary/aromatic N) is 2. The summed E-state index contributed by atoms with van der Waals surface area (Å²) in [6, 6.07) is 3.59. The van der Waals surface area contributed by atoms with Gasteiger partial charge < -0.3 is 14.9 Å². The minimum atomic E-state index is -0.878. The molecular weight excluding hydrogens is 310 g/mol. The predicted octanol–water partition coefficient (Wildman–Crippen LogP) is 2.62. The molecule has 0 atom stereocenters. The molecule has 2 aromatic rings. The third-order valence-electron chi connectivity index (χ3n) is 4.13. The Hall–Kier alpha value is -2.57. The number of hydrogen-bond acceptors (Lipinski definition) is 4. The second-order valence-corrected chi connectivity index (χ2v) is 6.61. The van der Waals surface area contributed by atoms with Crippen molar-refractivity contribution in [1.82, 2.24) is 15.0 Å². The number of carboxylic acids is 1. The van der Waals surface area contributed by atoms with Crippen LogP contribution in [0.5, 0.6) is 0 Å². The van der Waals surface area contributed by atoms with Crippen molar-refractivity contribution in [2.75, 3.05) is 6.54 Å². The van der Waals surface area contributed by atoms with Gasteiger partial charge in [0, 0.05) is 24.0 Å². The first-order chi connectivity index (χ1) is 11.1. The number of aliphatic carboxylic acids is 1. The van der Waals surface area contributed by atoms with Gasteiger partial charge in [0.1, 0.15) is 5.76 Å². The van der Waals surface area contributed by atoms with Gasteiger partial charge in [-0.1, -0.05) is 5.16 Å². The zero-order valence-corrected chi connectivity index (χ0v) is 14.6. The average molecular weight is 333 g/mol. The smallest absolute Gasteiger partial charge is 0.309 e. The molecule has 0 fully saturated rings. The Morgan fingerprint density at radius 2 is 1.96 bits per heavy atom. The van der Waals surface area contributed by atoms with Gasteiger partial charge in [-0.05, 0) is 47.1 Å². The van der Waals surface area contributed by atoms with E-state index in [1.807, 2.05) is 25.3 Å². The van der Waals surface area contributed by atoms with E-state index >= 15 is 0 Å². The van der Waals surface area contributed by atoms with Crippen molar-refractivity contribution in [1.29, 1.82) is 0 Å². The summed E-state index contributed by atoms with van der Waals surface area (Å²) in [7, 11) is 0. The van der Waals surface area contributed by atoms with Crippen molar-refractivity contribution in [3.63, 3.8) is 0 Å².